The van der Waals surface area contributed by atoms with E-state index in [9.17, 15) is 0 Å². The summed E-state index contributed by atoms with van der Waals surface area (Å²) in [5, 5.41) is 4.20. The van der Waals surface area contributed by atoms with Crippen molar-refractivity contribution in [2.24, 2.45) is 10.7 Å². The fraction of sp³-hybridized carbons (Fsp3) is 0.273. The lowest BCUT2D eigenvalue weighted by atomic mass is 10.3. The van der Waals surface area contributed by atoms with Gasteiger partial charge < -0.3 is 10.6 Å². The summed E-state index contributed by atoms with van der Waals surface area (Å²) in [6, 6.07) is 3.75. The Morgan fingerprint density at radius 3 is 2.83 bits per heavy atom. The molecule has 2 rings (SSSR count). The molecule has 0 radical (unpaired) electrons. The van der Waals surface area contributed by atoms with Crippen molar-refractivity contribution in [2.75, 3.05) is 14.1 Å². The number of aromatic nitrogens is 4. The molecule has 0 saturated carbocycles. The van der Waals surface area contributed by atoms with Crippen LogP contribution in [0.5, 0.6) is 0 Å². The summed E-state index contributed by atoms with van der Waals surface area (Å²) in [4.78, 5) is 14.2. The fourth-order valence-corrected chi connectivity index (χ4v) is 1.26. The van der Waals surface area contributed by atoms with Gasteiger partial charge in [-0.05, 0) is 11.6 Å². The zero-order chi connectivity index (χ0) is 13.0. The summed E-state index contributed by atoms with van der Waals surface area (Å²) in [5.74, 6) is 1.08. The molecule has 18 heavy (non-hydrogen) atoms. The van der Waals surface area contributed by atoms with Crippen LogP contribution in [0.1, 0.15) is 5.56 Å². The van der Waals surface area contributed by atoms with Gasteiger partial charge in [0, 0.05) is 26.8 Å². The van der Waals surface area contributed by atoms with Crippen LogP contribution >= 0.6 is 0 Å². The molecule has 0 spiro atoms. The number of rotatable bonds is 4. The molecular formula is C11H15N7. The van der Waals surface area contributed by atoms with Crippen molar-refractivity contribution in [1.29, 1.82) is 0 Å². The van der Waals surface area contributed by atoms with Crippen molar-refractivity contribution in [1.82, 2.24) is 24.6 Å². The molecular weight excluding hydrogens is 230 g/mol. The minimum atomic E-state index is 0.397. The maximum atomic E-state index is 5.51. The van der Waals surface area contributed by atoms with E-state index in [1.807, 2.05) is 31.1 Å². The van der Waals surface area contributed by atoms with Crippen LogP contribution in [0.25, 0.3) is 5.82 Å². The van der Waals surface area contributed by atoms with Gasteiger partial charge in [0.05, 0.1) is 6.34 Å². The summed E-state index contributed by atoms with van der Waals surface area (Å²) in [6.07, 6.45) is 4.94. The quantitative estimate of drug-likeness (QED) is 0.620. The molecule has 7 nitrogen and oxygen atoms in total. The Bertz CT molecular complexity index is 527. The Morgan fingerprint density at radius 1 is 1.39 bits per heavy atom. The molecule has 7 heteroatoms. The van der Waals surface area contributed by atoms with Crippen LogP contribution in [0, 0.1) is 0 Å². The lowest BCUT2D eigenvalue weighted by Crippen LogP contribution is -2.07. The Morgan fingerprint density at radius 2 is 2.22 bits per heavy atom. The molecule has 0 bridgehead atoms. The highest BCUT2D eigenvalue weighted by Crippen LogP contribution is 2.07. The molecule has 0 aliphatic heterocycles. The van der Waals surface area contributed by atoms with Gasteiger partial charge in [0.2, 0.25) is 0 Å². The minimum absolute atomic E-state index is 0.397. The standard InChI is InChI=1S/C11H15N7/c1-17(2)7-14-11-15-8-18(16-11)10-4-3-9(5-12)6-13-10/h3-4,6-8H,5,12H2,1-2H3/b14-7+. The zero-order valence-corrected chi connectivity index (χ0v) is 10.4. The minimum Gasteiger partial charge on any atom is -0.369 e. The first-order valence-electron chi connectivity index (χ1n) is 5.46. The maximum Gasteiger partial charge on any atom is 0.270 e. The molecule has 2 aromatic rings. The van der Waals surface area contributed by atoms with Gasteiger partial charge in [-0.3, -0.25) is 0 Å². The van der Waals surface area contributed by atoms with Gasteiger partial charge in [0.1, 0.15) is 6.33 Å². The van der Waals surface area contributed by atoms with Crippen molar-refractivity contribution in [3.8, 4) is 5.82 Å². The molecule has 2 N–H and O–H groups in total. The van der Waals surface area contributed by atoms with Gasteiger partial charge >= 0.3 is 0 Å². The molecule has 0 unspecified atom stereocenters. The van der Waals surface area contributed by atoms with E-state index in [0.717, 1.165) is 5.56 Å². The maximum absolute atomic E-state index is 5.51. The average Bonchev–Trinajstić information content (AvgIpc) is 2.85. The van der Waals surface area contributed by atoms with Crippen LogP contribution in [-0.2, 0) is 6.54 Å². The van der Waals surface area contributed by atoms with E-state index in [4.69, 9.17) is 5.73 Å². The van der Waals surface area contributed by atoms with Crippen LogP contribution in [0.15, 0.2) is 29.6 Å². The SMILES string of the molecule is CN(C)/C=N/c1ncn(-c2ccc(CN)cn2)n1. The summed E-state index contributed by atoms with van der Waals surface area (Å²) in [5.41, 5.74) is 6.49. The predicted octanol–water partition coefficient (Wildman–Crippen LogP) is 0.342. The first kappa shape index (κ1) is 12.2. The van der Waals surface area contributed by atoms with Gasteiger partial charge in [0.15, 0.2) is 5.82 Å². The summed E-state index contributed by atoms with van der Waals surface area (Å²) >= 11 is 0. The summed E-state index contributed by atoms with van der Waals surface area (Å²) in [6.45, 7) is 0.475. The molecule has 0 aromatic carbocycles. The first-order chi connectivity index (χ1) is 8.69. The molecule has 0 saturated heterocycles. The van der Waals surface area contributed by atoms with Crippen LogP contribution in [0.4, 0.5) is 5.95 Å². The summed E-state index contributed by atoms with van der Waals surface area (Å²) < 4.78 is 1.57. The Labute approximate surface area is 105 Å². The van der Waals surface area contributed by atoms with Crippen molar-refractivity contribution < 1.29 is 0 Å². The van der Waals surface area contributed by atoms with E-state index >= 15 is 0 Å². The molecule has 2 aromatic heterocycles. The number of hydrogen-bond acceptors (Lipinski definition) is 5. The normalized spacial score (nSPS) is 11.1. The lowest BCUT2D eigenvalue weighted by Gasteiger charge is -2.00. The predicted molar refractivity (Wildman–Crippen MR) is 68.9 cm³/mol. The van der Waals surface area contributed by atoms with Gasteiger partial charge in [-0.1, -0.05) is 6.07 Å². The first-order valence-corrected chi connectivity index (χ1v) is 5.46. The van der Waals surface area contributed by atoms with E-state index in [-0.39, 0.29) is 0 Å². The third-order valence-corrected chi connectivity index (χ3v) is 2.16. The molecule has 0 amide bonds. The smallest absolute Gasteiger partial charge is 0.270 e. The Kier molecular flexibility index (Phi) is 3.63. The van der Waals surface area contributed by atoms with Crippen molar-refractivity contribution in [2.45, 2.75) is 6.54 Å². The number of nitrogens with two attached hydrogens (primary N) is 1. The lowest BCUT2D eigenvalue weighted by molar-refractivity contribution is 0.642. The van der Waals surface area contributed by atoms with Crippen LogP contribution in [0.3, 0.4) is 0 Å². The van der Waals surface area contributed by atoms with Gasteiger partial charge in [-0.2, -0.15) is 4.98 Å². The summed E-state index contributed by atoms with van der Waals surface area (Å²) in [7, 11) is 3.77. The second-order valence-electron chi connectivity index (χ2n) is 3.93. The van der Waals surface area contributed by atoms with Crippen LogP contribution in [0.2, 0.25) is 0 Å². The fourth-order valence-electron chi connectivity index (χ4n) is 1.26. The highest BCUT2D eigenvalue weighted by molar-refractivity contribution is 5.57. The van der Waals surface area contributed by atoms with Gasteiger partial charge in [-0.15, -0.1) is 5.10 Å². The second kappa shape index (κ2) is 5.37. The van der Waals surface area contributed by atoms with Crippen molar-refractivity contribution in [3.63, 3.8) is 0 Å². The van der Waals surface area contributed by atoms with Crippen LogP contribution in [-0.4, -0.2) is 45.1 Å². The number of aliphatic imine (C=N–C) groups is 1. The zero-order valence-electron chi connectivity index (χ0n) is 10.4. The van der Waals surface area contributed by atoms with Gasteiger partial charge in [0.25, 0.3) is 5.95 Å². The molecule has 94 valence electrons. The molecule has 0 aliphatic rings. The molecule has 2 heterocycles. The molecule has 0 aliphatic carbocycles. The second-order valence-corrected chi connectivity index (χ2v) is 3.93. The molecule has 0 fully saturated rings. The van der Waals surface area contributed by atoms with Crippen LogP contribution < -0.4 is 5.73 Å². The largest absolute Gasteiger partial charge is 0.369 e. The highest BCUT2D eigenvalue weighted by Gasteiger charge is 2.02. The van der Waals surface area contributed by atoms with Crippen molar-refractivity contribution in [3.05, 3.63) is 30.2 Å². The van der Waals surface area contributed by atoms with E-state index in [0.29, 0.717) is 18.3 Å². The average molecular weight is 245 g/mol. The van der Waals surface area contributed by atoms with E-state index in [2.05, 4.69) is 20.1 Å². The highest BCUT2D eigenvalue weighted by atomic mass is 15.4. The molecule has 0 atom stereocenters. The third kappa shape index (κ3) is 2.89. The van der Waals surface area contributed by atoms with Crippen molar-refractivity contribution >= 4 is 12.3 Å². The Balaban J connectivity index is 2.18. The van der Waals surface area contributed by atoms with Gasteiger partial charge in [-0.25, -0.2) is 14.7 Å². The van der Waals surface area contributed by atoms with E-state index < -0.39 is 0 Å². The van der Waals surface area contributed by atoms with E-state index in [1.165, 1.54) is 0 Å². The number of hydrogen-bond donors (Lipinski definition) is 1. The number of pyridine rings is 1. The number of nitrogens with zero attached hydrogens (tertiary/aromatic N) is 6. The monoisotopic (exact) mass is 245 g/mol. The Hall–Kier alpha value is -2.28. The van der Waals surface area contributed by atoms with E-state index in [1.54, 1.807) is 23.5 Å². The topological polar surface area (TPSA) is 85.2 Å². The third-order valence-electron chi connectivity index (χ3n) is 2.16.